The normalized spacial score (nSPS) is 32.9. The third-order valence-corrected chi connectivity index (χ3v) is 3.28. The average Bonchev–Trinajstić information content (AvgIpc) is 2.19. The van der Waals surface area contributed by atoms with Crippen LogP contribution in [-0.2, 0) is 5.60 Å². The molecular weight excluding hydrogens is 172 g/mol. The largest absolute Gasteiger partial charge is 0.385 e. The molecule has 0 saturated heterocycles. The van der Waals surface area contributed by atoms with Crippen molar-refractivity contribution < 1.29 is 5.11 Å². The van der Waals surface area contributed by atoms with E-state index in [-0.39, 0.29) is 0 Å². The van der Waals surface area contributed by atoms with Gasteiger partial charge in [-0.1, -0.05) is 43.7 Å². The summed E-state index contributed by atoms with van der Waals surface area (Å²) in [7, 11) is 0. The van der Waals surface area contributed by atoms with Crippen molar-refractivity contribution >= 4 is 0 Å². The number of hydrogen-bond acceptors (Lipinski definition) is 1. The van der Waals surface area contributed by atoms with Crippen LogP contribution in [0, 0.1) is 5.92 Å². The summed E-state index contributed by atoms with van der Waals surface area (Å²) in [5.74, 6) is 0.647. The first-order chi connectivity index (χ1) is 6.71. The number of benzene rings is 1. The van der Waals surface area contributed by atoms with Gasteiger partial charge >= 0.3 is 0 Å². The summed E-state index contributed by atoms with van der Waals surface area (Å²) < 4.78 is 0. The van der Waals surface area contributed by atoms with Crippen molar-refractivity contribution in [3.63, 3.8) is 0 Å². The van der Waals surface area contributed by atoms with Crippen molar-refractivity contribution in [2.75, 3.05) is 0 Å². The molecule has 1 fully saturated rings. The second-order valence-electron chi connectivity index (χ2n) is 4.60. The van der Waals surface area contributed by atoms with E-state index in [0.717, 1.165) is 24.8 Å². The lowest BCUT2D eigenvalue weighted by atomic mass is 9.75. The van der Waals surface area contributed by atoms with Crippen LogP contribution < -0.4 is 0 Å². The van der Waals surface area contributed by atoms with Gasteiger partial charge in [0.05, 0.1) is 5.60 Å². The second-order valence-corrected chi connectivity index (χ2v) is 4.60. The minimum Gasteiger partial charge on any atom is -0.385 e. The molecule has 0 heterocycles. The third kappa shape index (κ3) is 1.83. The Morgan fingerprint density at radius 3 is 2.64 bits per heavy atom. The highest BCUT2D eigenvalue weighted by Gasteiger charge is 2.33. The standard InChI is InChI=1S/C13H18O/c1-11-6-5-9-13(14,10-11)12-7-3-2-4-8-12/h2-4,7-8,11,14H,5-6,9-10H2,1H3/t11-,13+/m1/s1. The molecule has 0 radical (unpaired) electrons. The van der Waals surface area contributed by atoms with Gasteiger partial charge in [0, 0.05) is 0 Å². The molecule has 1 saturated carbocycles. The Balaban J connectivity index is 2.23. The average molecular weight is 190 g/mol. The highest BCUT2D eigenvalue weighted by Crippen LogP contribution is 2.39. The summed E-state index contributed by atoms with van der Waals surface area (Å²) in [6.07, 6.45) is 4.24. The summed E-state index contributed by atoms with van der Waals surface area (Å²) in [5.41, 5.74) is 0.533. The highest BCUT2D eigenvalue weighted by molar-refractivity contribution is 5.22. The van der Waals surface area contributed by atoms with Crippen LogP contribution in [0.4, 0.5) is 0 Å². The Labute approximate surface area is 85.8 Å². The van der Waals surface area contributed by atoms with Crippen molar-refractivity contribution in [3.05, 3.63) is 35.9 Å². The maximum Gasteiger partial charge on any atom is 0.0899 e. The van der Waals surface area contributed by atoms with Crippen LogP contribution in [0.2, 0.25) is 0 Å². The van der Waals surface area contributed by atoms with E-state index in [1.165, 1.54) is 6.42 Å². The molecule has 0 spiro atoms. The molecule has 14 heavy (non-hydrogen) atoms. The molecule has 1 aliphatic carbocycles. The van der Waals surface area contributed by atoms with Crippen molar-refractivity contribution in [3.8, 4) is 0 Å². The van der Waals surface area contributed by atoms with Gasteiger partial charge in [0.1, 0.15) is 0 Å². The van der Waals surface area contributed by atoms with Gasteiger partial charge in [-0.15, -0.1) is 0 Å². The molecule has 76 valence electrons. The van der Waals surface area contributed by atoms with Crippen LogP contribution in [0.5, 0.6) is 0 Å². The minimum absolute atomic E-state index is 0.557. The summed E-state index contributed by atoms with van der Waals surface area (Å²) >= 11 is 0. The first-order valence-corrected chi connectivity index (χ1v) is 5.49. The maximum atomic E-state index is 10.5. The van der Waals surface area contributed by atoms with Crippen molar-refractivity contribution in [1.82, 2.24) is 0 Å². The van der Waals surface area contributed by atoms with Crippen molar-refractivity contribution in [2.24, 2.45) is 5.92 Å². The Morgan fingerprint density at radius 1 is 1.29 bits per heavy atom. The minimum atomic E-state index is -0.557. The van der Waals surface area contributed by atoms with Crippen molar-refractivity contribution in [1.29, 1.82) is 0 Å². The Hall–Kier alpha value is -0.820. The van der Waals surface area contributed by atoms with Gasteiger partial charge in [0.2, 0.25) is 0 Å². The number of aliphatic hydroxyl groups is 1. The number of rotatable bonds is 1. The third-order valence-electron chi connectivity index (χ3n) is 3.28. The molecule has 0 bridgehead atoms. The van der Waals surface area contributed by atoms with Gasteiger partial charge in [0.25, 0.3) is 0 Å². The predicted octanol–water partition coefficient (Wildman–Crippen LogP) is 3.08. The summed E-state index contributed by atoms with van der Waals surface area (Å²) in [6, 6.07) is 10.1. The molecule has 0 unspecified atom stereocenters. The molecule has 1 aliphatic rings. The van der Waals surface area contributed by atoms with Gasteiger partial charge < -0.3 is 5.11 Å². The monoisotopic (exact) mass is 190 g/mol. The van der Waals surface area contributed by atoms with Gasteiger partial charge in [-0.2, -0.15) is 0 Å². The molecule has 0 aromatic heterocycles. The topological polar surface area (TPSA) is 20.2 Å². The molecule has 1 aromatic rings. The molecule has 1 nitrogen and oxygen atoms in total. The first-order valence-electron chi connectivity index (χ1n) is 5.49. The van der Waals surface area contributed by atoms with Crippen LogP contribution in [0.1, 0.15) is 38.2 Å². The molecule has 0 amide bonds. The highest BCUT2D eigenvalue weighted by atomic mass is 16.3. The van der Waals surface area contributed by atoms with E-state index >= 15 is 0 Å². The van der Waals surface area contributed by atoms with Crippen LogP contribution in [0.25, 0.3) is 0 Å². The molecule has 1 aromatic carbocycles. The van der Waals surface area contributed by atoms with Crippen LogP contribution in [-0.4, -0.2) is 5.11 Å². The van der Waals surface area contributed by atoms with Crippen LogP contribution in [0.3, 0.4) is 0 Å². The number of hydrogen-bond donors (Lipinski definition) is 1. The van der Waals surface area contributed by atoms with E-state index in [2.05, 4.69) is 6.92 Å². The van der Waals surface area contributed by atoms with Crippen molar-refractivity contribution in [2.45, 2.75) is 38.2 Å². The zero-order valence-electron chi connectivity index (χ0n) is 8.74. The molecular formula is C13H18O. The zero-order chi connectivity index (χ0) is 10.0. The fourth-order valence-corrected chi connectivity index (χ4v) is 2.53. The Kier molecular flexibility index (Phi) is 2.60. The summed E-state index contributed by atoms with van der Waals surface area (Å²) in [4.78, 5) is 0. The molecule has 2 atom stereocenters. The Bertz CT molecular complexity index is 293. The van der Waals surface area contributed by atoms with E-state index in [4.69, 9.17) is 0 Å². The molecule has 2 rings (SSSR count). The van der Waals surface area contributed by atoms with Crippen LogP contribution in [0.15, 0.2) is 30.3 Å². The lowest BCUT2D eigenvalue weighted by Crippen LogP contribution is -2.31. The van der Waals surface area contributed by atoms with Gasteiger partial charge in [-0.3, -0.25) is 0 Å². The lowest BCUT2D eigenvalue weighted by Gasteiger charge is -2.35. The summed E-state index contributed by atoms with van der Waals surface area (Å²) in [5, 5.41) is 10.5. The SMILES string of the molecule is C[C@@H]1CCC[C@@](O)(c2ccccc2)C1. The van der Waals surface area contributed by atoms with Gasteiger partial charge in [-0.05, 0) is 30.7 Å². The fourth-order valence-electron chi connectivity index (χ4n) is 2.53. The fraction of sp³-hybridized carbons (Fsp3) is 0.538. The quantitative estimate of drug-likeness (QED) is 0.721. The molecule has 1 heteroatoms. The lowest BCUT2D eigenvalue weighted by molar-refractivity contribution is -0.0178. The first kappa shape index (κ1) is 9.72. The second kappa shape index (κ2) is 3.74. The predicted molar refractivity (Wildman–Crippen MR) is 58.0 cm³/mol. The summed E-state index contributed by atoms with van der Waals surface area (Å²) in [6.45, 7) is 2.23. The smallest absolute Gasteiger partial charge is 0.0899 e. The van der Waals surface area contributed by atoms with E-state index in [0.29, 0.717) is 5.92 Å². The zero-order valence-corrected chi connectivity index (χ0v) is 8.74. The van der Waals surface area contributed by atoms with E-state index in [1.807, 2.05) is 30.3 Å². The molecule has 0 aliphatic heterocycles. The van der Waals surface area contributed by atoms with E-state index in [9.17, 15) is 5.11 Å². The maximum absolute atomic E-state index is 10.5. The van der Waals surface area contributed by atoms with E-state index < -0.39 is 5.60 Å². The van der Waals surface area contributed by atoms with Gasteiger partial charge in [-0.25, -0.2) is 0 Å². The van der Waals surface area contributed by atoms with Crippen LogP contribution >= 0.6 is 0 Å². The Morgan fingerprint density at radius 2 is 2.00 bits per heavy atom. The van der Waals surface area contributed by atoms with E-state index in [1.54, 1.807) is 0 Å². The molecule has 1 N–H and O–H groups in total. The van der Waals surface area contributed by atoms with Gasteiger partial charge in [0.15, 0.2) is 0 Å².